The minimum Gasteiger partial charge on any atom is -0.308 e. The Morgan fingerprint density at radius 3 is 2.62 bits per heavy atom. The van der Waals surface area contributed by atoms with Crippen molar-refractivity contribution < 1.29 is 0 Å². The number of likely N-dealkylation sites (tertiary alicyclic amines) is 2. The summed E-state index contributed by atoms with van der Waals surface area (Å²) in [6.45, 7) is 7.41. The molecule has 21 heavy (non-hydrogen) atoms. The van der Waals surface area contributed by atoms with Crippen molar-refractivity contribution in [1.82, 2.24) is 14.8 Å². The van der Waals surface area contributed by atoms with Crippen molar-refractivity contribution in [2.45, 2.75) is 32.2 Å². The normalized spacial score (nSPS) is 21.8. The molecular weight excluding hydrogens is 262 g/mol. The van der Waals surface area contributed by atoms with Gasteiger partial charge in [0.25, 0.3) is 0 Å². The third-order valence-electron chi connectivity index (χ3n) is 4.80. The molecule has 2 aliphatic heterocycles. The Labute approximate surface area is 127 Å². The van der Waals surface area contributed by atoms with E-state index >= 15 is 0 Å². The Bertz CT molecular complexity index is 436. The van der Waals surface area contributed by atoms with Gasteiger partial charge in [0, 0.05) is 19.3 Å². The maximum atomic E-state index is 5.42. The van der Waals surface area contributed by atoms with Crippen molar-refractivity contribution in [2.75, 3.05) is 38.1 Å². The highest BCUT2D eigenvalue weighted by Crippen LogP contribution is 2.22. The Kier molecular flexibility index (Phi) is 5.06. The van der Waals surface area contributed by atoms with Crippen LogP contribution in [-0.2, 0) is 6.54 Å². The number of piperidine rings is 1. The standard InChI is InChI=1S/C16H27N5/c17-19-16-11-15(3-6-18-16)13-21-9-4-14(5-10-21)12-20-7-1-2-8-20/h3,6,11,14H,1-2,4-5,7-10,12-13,17H2,(H,18,19). The van der Waals surface area contributed by atoms with Crippen molar-refractivity contribution in [3.05, 3.63) is 23.9 Å². The van der Waals surface area contributed by atoms with Gasteiger partial charge in [-0.25, -0.2) is 10.8 Å². The molecule has 0 aliphatic carbocycles. The minimum absolute atomic E-state index is 0.747. The zero-order chi connectivity index (χ0) is 14.5. The zero-order valence-corrected chi connectivity index (χ0v) is 12.8. The van der Waals surface area contributed by atoms with E-state index < -0.39 is 0 Å². The smallest absolute Gasteiger partial charge is 0.140 e. The summed E-state index contributed by atoms with van der Waals surface area (Å²) in [4.78, 5) is 9.37. The van der Waals surface area contributed by atoms with Gasteiger partial charge in [-0.2, -0.15) is 0 Å². The largest absolute Gasteiger partial charge is 0.308 e. The number of hydrogen-bond acceptors (Lipinski definition) is 5. The second-order valence-electron chi connectivity index (χ2n) is 6.42. The van der Waals surface area contributed by atoms with Gasteiger partial charge in [-0.05, 0) is 75.5 Å². The highest BCUT2D eigenvalue weighted by molar-refractivity contribution is 5.35. The minimum atomic E-state index is 0.747. The third kappa shape index (κ3) is 4.15. The summed E-state index contributed by atoms with van der Waals surface area (Å²) in [5, 5.41) is 0. The molecule has 0 bridgehead atoms. The predicted octanol–water partition coefficient (Wildman–Crippen LogP) is 1.67. The van der Waals surface area contributed by atoms with Gasteiger partial charge in [-0.15, -0.1) is 0 Å². The topological polar surface area (TPSA) is 57.4 Å². The first kappa shape index (κ1) is 14.8. The van der Waals surface area contributed by atoms with Crippen LogP contribution in [-0.4, -0.2) is 47.5 Å². The fourth-order valence-corrected chi connectivity index (χ4v) is 3.57. The molecular formula is C16H27N5. The first-order valence-corrected chi connectivity index (χ1v) is 8.20. The number of aromatic nitrogens is 1. The molecule has 0 saturated carbocycles. The number of nitrogens with one attached hydrogen (secondary N) is 1. The molecule has 116 valence electrons. The van der Waals surface area contributed by atoms with E-state index in [0.29, 0.717) is 0 Å². The summed E-state index contributed by atoms with van der Waals surface area (Å²) in [6, 6.07) is 4.12. The Morgan fingerprint density at radius 2 is 1.90 bits per heavy atom. The van der Waals surface area contributed by atoms with E-state index in [0.717, 1.165) is 18.3 Å². The molecule has 1 aromatic heterocycles. The summed E-state index contributed by atoms with van der Waals surface area (Å²) < 4.78 is 0. The zero-order valence-electron chi connectivity index (χ0n) is 12.8. The van der Waals surface area contributed by atoms with Crippen molar-refractivity contribution in [3.8, 4) is 0 Å². The van der Waals surface area contributed by atoms with Gasteiger partial charge >= 0.3 is 0 Å². The fourth-order valence-electron chi connectivity index (χ4n) is 3.57. The highest BCUT2D eigenvalue weighted by Gasteiger charge is 2.22. The van der Waals surface area contributed by atoms with Crippen molar-refractivity contribution in [1.29, 1.82) is 0 Å². The molecule has 2 fully saturated rings. The SMILES string of the molecule is NNc1cc(CN2CCC(CN3CCCC3)CC2)ccn1. The predicted molar refractivity (Wildman–Crippen MR) is 85.7 cm³/mol. The molecule has 5 heteroatoms. The Morgan fingerprint density at radius 1 is 1.14 bits per heavy atom. The van der Waals surface area contributed by atoms with Gasteiger partial charge < -0.3 is 10.3 Å². The molecule has 1 aromatic rings. The number of nitrogen functional groups attached to an aromatic ring is 1. The molecule has 3 N–H and O–H groups in total. The van der Waals surface area contributed by atoms with E-state index in [1.165, 1.54) is 64.0 Å². The van der Waals surface area contributed by atoms with Crippen LogP contribution in [0, 0.1) is 5.92 Å². The lowest BCUT2D eigenvalue weighted by Gasteiger charge is -2.33. The van der Waals surface area contributed by atoms with Crippen LogP contribution in [0.15, 0.2) is 18.3 Å². The van der Waals surface area contributed by atoms with Crippen molar-refractivity contribution in [2.24, 2.45) is 11.8 Å². The number of anilines is 1. The van der Waals surface area contributed by atoms with Crippen LogP contribution in [0.1, 0.15) is 31.2 Å². The van der Waals surface area contributed by atoms with Crippen LogP contribution in [0.5, 0.6) is 0 Å². The van der Waals surface area contributed by atoms with Gasteiger partial charge in [-0.1, -0.05) is 0 Å². The van der Waals surface area contributed by atoms with Crippen LogP contribution in [0.25, 0.3) is 0 Å². The number of nitrogens with zero attached hydrogens (tertiary/aromatic N) is 3. The summed E-state index contributed by atoms with van der Waals surface area (Å²) in [5.41, 5.74) is 3.90. The van der Waals surface area contributed by atoms with Crippen LogP contribution in [0.4, 0.5) is 5.82 Å². The molecule has 0 aromatic carbocycles. The number of rotatable bonds is 5. The molecule has 3 heterocycles. The first-order chi connectivity index (χ1) is 10.3. The summed E-state index contributed by atoms with van der Waals surface area (Å²) in [6.07, 6.45) is 7.30. The molecule has 0 radical (unpaired) electrons. The lowest BCUT2D eigenvalue weighted by Crippen LogP contribution is -2.37. The molecule has 3 rings (SSSR count). The van der Waals surface area contributed by atoms with E-state index in [2.05, 4.69) is 26.3 Å². The first-order valence-electron chi connectivity index (χ1n) is 8.20. The number of pyridine rings is 1. The van der Waals surface area contributed by atoms with E-state index in [4.69, 9.17) is 5.84 Å². The molecule has 0 spiro atoms. The van der Waals surface area contributed by atoms with Crippen LogP contribution >= 0.6 is 0 Å². The Balaban J connectivity index is 1.44. The maximum Gasteiger partial charge on any atom is 0.140 e. The molecule has 2 aliphatic rings. The van der Waals surface area contributed by atoms with E-state index in [9.17, 15) is 0 Å². The van der Waals surface area contributed by atoms with Crippen LogP contribution in [0.3, 0.4) is 0 Å². The molecule has 2 saturated heterocycles. The van der Waals surface area contributed by atoms with E-state index in [1.807, 2.05) is 12.3 Å². The number of nitrogens with two attached hydrogens (primary N) is 1. The lowest BCUT2D eigenvalue weighted by atomic mass is 9.96. The van der Waals surface area contributed by atoms with Gasteiger partial charge in [-0.3, -0.25) is 4.90 Å². The quantitative estimate of drug-likeness (QED) is 0.638. The van der Waals surface area contributed by atoms with Crippen molar-refractivity contribution in [3.63, 3.8) is 0 Å². The van der Waals surface area contributed by atoms with Crippen molar-refractivity contribution >= 4 is 5.82 Å². The lowest BCUT2D eigenvalue weighted by molar-refractivity contribution is 0.149. The van der Waals surface area contributed by atoms with Crippen LogP contribution in [0.2, 0.25) is 0 Å². The summed E-state index contributed by atoms with van der Waals surface area (Å²) in [5.74, 6) is 7.06. The summed E-state index contributed by atoms with van der Waals surface area (Å²) in [7, 11) is 0. The van der Waals surface area contributed by atoms with Gasteiger partial charge in [0.15, 0.2) is 0 Å². The molecule has 0 unspecified atom stereocenters. The molecule has 0 atom stereocenters. The molecule has 0 amide bonds. The average Bonchev–Trinajstić information content (AvgIpc) is 3.02. The molecule has 5 nitrogen and oxygen atoms in total. The van der Waals surface area contributed by atoms with Gasteiger partial charge in [0.2, 0.25) is 0 Å². The van der Waals surface area contributed by atoms with Gasteiger partial charge in [0.1, 0.15) is 5.82 Å². The third-order valence-corrected chi connectivity index (χ3v) is 4.80. The number of hydrogen-bond donors (Lipinski definition) is 2. The van der Waals surface area contributed by atoms with E-state index in [-0.39, 0.29) is 0 Å². The van der Waals surface area contributed by atoms with Gasteiger partial charge in [0.05, 0.1) is 0 Å². The maximum absolute atomic E-state index is 5.42. The van der Waals surface area contributed by atoms with Crippen LogP contribution < -0.4 is 11.3 Å². The van der Waals surface area contributed by atoms with E-state index in [1.54, 1.807) is 0 Å². The summed E-state index contributed by atoms with van der Waals surface area (Å²) >= 11 is 0. The average molecular weight is 289 g/mol. The Hall–Kier alpha value is -1.17. The monoisotopic (exact) mass is 289 g/mol. The fraction of sp³-hybridized carbons (Fsp3) is 0.688. The second-order valence-corrected chi connectivity index (χ2v) is 6.42. The number of hydrazine groups is 1. The second kappa shape index (κ2) is 7.20. The highest BCUT2D eigenvalue weighted by atomic mass is 15.2.